The Kier molecular flexibility index (Phi) is 2.64. The summed E-state index contributed by atoms with van der Waals surface area (Å²) in [7, 11) is 0. The van der Waals surface area contributed by atoms with Crippen molar-refractivity contribution in [2.24, 2.45) is 0 Å². The van der Waals surface area contributed by atoms with Gasteiger partial charge in [0.05, 0.1) is 6.20 Å². The first-order valence-electron chi connectivity index (χ1n) is 5.78. The summed E-state index contributed by atoms with van der Waals surface area (Å²) in [6.45, 7) is 2.20. The van der Waals surface area contributed by atoms with E-state index in [1.165, 1.54) is 0 Å². The molecule has 0 fully saturated rings. The van der Waals surface area contributed by atoms with E-state index in [0.29, 0.717) is 17.2 Å². The predicted molar refractivity (Wildman–Crippen MR) is 65.9 cm³/mol. The van der Waals surface area contributed by atoms with Gasteiger partial charge in [0, 0.05) is 11.3 Å². The highest BCUT2D eigenvalue weighted by atomic mass is 16.5. The second-order valence-electron chi connectivity index (χ2n) is 4.24. The van der Waals surface area contributed by atoms with E-state index in [1.807, 2.05) is 37.3 Å². The fraction of sp³-hybridized carbons (Fsp3) is 0.214. The Morgan fingerprint density at radius 2 is 2.22 bits per heavy atom. The number of rotatable bonds is 2. The summed E-state index contributed by atoms with van der Waals surface area (Å²) in [6.07, 6.45) is 1.10. The molecule has 1 aromatic heterocycles. The lowest BCUT2D eigenvalue weighted by Gasteiger charge is -2.09. The number of pyridine rings is 1. The van der Waals surface area contributed by atoms with Gasteiger partial charge in [-0.25, -0.2) is 0 Å². The Bertz CT molecular complexity index is 566. The highest BCUT2D eigenvalue weighted by Crippen LogP contribution is 2.41. The number of nitrogens with zero attached hydrogens (tertiary/aromatic N) is 1. The largest absolute Gasteiger partial charge is 0.486 e. The van der Waals surface area contributed by atoms with E-state index in [9.17, 15) is 5.11 Å². The van der Waals surface area contributed by atoms with E-state index in [-0.39, 0.29) is 6.61 Å². The Balaban J connectivity index is 1.92. The van der Waals surface area contributed by atoms with Gasteiger partial charge in [-0.15, -0.1) is 0 Å². The van der Waals surface area contributed by atoms with E-state index in [1.54, 1.807) is 6.20 Å². The summed E-state index contributed by atoms with van der Waals surface area (Å²) in [5.41, 5.74) is 1.71. The van der Waals surface area contributed by atoms with Crippen molar-refractivity contribution in [3.8, 4) is 17.2 Å². The molecule has 4 nitrogen and oxygen atoms in total. The smallest absolute Gasteiger partial charge is 0.169 e. The summed E-state index contributed by atoms with van der Waals surface area (Å²) >= 11 is 0. The third-order valence-electron chi connectivity index (χ3n) is 2.87. The maximum absolute atomic E-state index is 9.72. The van der Waals surface area contributed by atoms with Gasteiger partial charge in [0.25, 0.3) is 0 Å². The highest BCUT2D eigenvalue weighted by Gasteiger charge is 2.25. The van der Waals surface area contributed by atoms with Crippen LogP contribution in [0.4, 0.5) is 0 Å². The molecule has 1 atom stereocenters. The van der Waals surface area contributed by atoms with Gasteiger partial charge < -0.3 is 14.6 Å². The monoisotopic (exact) mass is 243 g/mol. The number of fused-ring (bicyclic) bond motifs is 1. The Hall–Kier alpha value is -2.07. The highest BCUT2D eigenvalue weighted by molar-refractivity contribution is 5.51. The van der Waals surface area contributed by atoms with Crippen LogP contribution in [0.25, 0.3) is 0 Å². The number of hydrogen-bond acceptors (Lipinski definition) is 4. The topological polar surface area (TPSA) is 51.6 Å². The molecule has 0 amide bonds. The third-order valence-corrected chi connectivity index (χ3v) is 2.87. The van der Waals surface area contributed by atoms with Crippen LogP contribution in [0.3, 0.4) is 0 Å². The molecule has 0 radical (unpaired) electrons. The molecule has 1 aromatic carbocycles. The second-order valence-corrected chi connectivity index (χ2v) is 4.24. The molecule has 2 heterocycles. The van der Waals surface area contributed by atoms with Crippen molar-refractivity contribution in [2.45, 2.75) is 13.0 Å². The molecule has 1 unspecified atom stereocenters. The number of benzene rings is 1. The zero-order valence-corrected chi connectivity index (χ0v) is 9.96. The van der Waals surface area contributed by atoms with Crippen LogP contribution in [-0.4, -0.2) is 16.7 Å². The maximum Gasteiger partial charge on any atom is 0.169 e. The molecular formula is C14H13NO3. The van der Waals surface area contributed by atoms with Crippen molar-refractivity contribution >= 4 is 0 Å². The zero-order chi connectivity index (χ0) is 12.5. The summed E-state index contributed by atoms with van der Waals surface area (Å²) in [4.78, 5) is 4.17. The van der Waals surface area contributed by atoms with E-state index >= 15 is 0 Å². The molecule has 4 heteroatoms. The minimum absolute atomic E-state index is 0.280. The fourth-order valence-electron chi connectivity index (χ4n) is 1.92. The number of para-hydroxylation sites is 1. The number of aryl methyl sites for hydroxylation is 1. The van der Waals surface area contributed by atoms with Crippen LogP contribution in [0.15, 0.2) is 36.5 Å². The molecule has 0 saturated heterocycles. The minimum Gasteiger partial charge on any atom is -0.486 e. The van der Waals surface area contributed by atoms with Crippen LogP contribution in [0, 0.1) is 6.92 Å². The van der Waals surface area contributed by atoms with Gasteiger partial charge in [-0.3, -0.25) is 4.98 Å². The lowest BCUT2D eigenvalue weighted by atomic mass is 10.1. The molecule has 2 aromatic rings. The number of hydrogen-bond donors (Lipinski definition) is 1. The van der Waals surface area contributed by atoms with Gasteiger partial charge >= 0.3 is 0 Å². The van der Waals surface area contributed by atoms with E-state index in [0.717, 1.165) is 11.3 Å². The molecule has 0 bridgehead atoms. The minimum atomic E-state index is -0.570. The van der Waals surface area contributed by atoms with Gasteiger partial charge in [-0.05, 0) is 25.1 Å². The molecule has 1 N–H and O–H groups in total. The van der Waals surface area contributed by atoms with Gasteiger partial charge in [0.2, 0.25) is 0 Å². The summed E-state index contributed by atoms with van der Waals surface area (Å²) < 4.78 is 11.2. The summed E-state index contributed by atoms with van der Waals surface area (Å²) in [5.74, 6) is 1.87. The number of aliphatic hydroxyl groups is 1. The van der Waals surface area contributed by atoms with Gasteiger partial charge in [-0.2, -0.15) is 0 Å². The third kappa shape index (κ3) is 1.91. The van der Waals surface area contributed by atoms with E-state index in [4.69, 9.17) is 9.47 Å². The van der Waals surface area contributed by atoms with Crippen LogP contribution >= 0.6 is 0 Å². The maximum atomic E-state index is 9.72. The first-order valence-corrected chi connectivity index (χ1v) is 5.78. The van der Waals surface area contributed by atoms with Gasteiger partial charge in [0.1, 0.15) is 18.5 Å². The predicted octanol–water partition coefficient (Wildman–Crippen LogP) is 2.61. The van der Waals surface area contributed by atoms with Crippen molar-refractivity contribution in [1.29, 1.82) is 0 Å². The lowest BCUT2D eigenvalue weighted by molar-refractivity contribution is 0.140. The summed E-state index contributed by atoms with van der Waals surface area (Å²) in [5, 5.41) is 9.72. The molecule has 1 aliphatic heterocycles. The molecular weight excluding hydrogens is 230 g/mol. The lowest BCUT2D eigenvalue weighted by Crippen LogP contribution is -1.97. The van der Waals surface area contributed by atoms with Crippen LogP contribution in [0.1, 0.15) is 17.4 Å². The SMILES string of the molecule is Cc1ccc(Oc2cccc3c2OCC3O)cn1. The number of aromatic nitrogens is 1. The molecule has 3 rings (SSSR count). The quantitative estimate of drug-likeness (QED) is 0.880. The number of aliphatic hydroxyl groups excluding tert-OH is 1. The van der Waals surface area contributed by atoms with Crippen LogP contribution in [-0.2, 0) is 0 Å². The number of ether oxygens (including phenoxy) is 2. The molecule has 0 saturated carbocycles. The normalized spacial score (nSPS) is 17.1. The standard InChI is InChI=1S/C14H13NO3/c1-9-5-6-10(7-15-9)18-13-4-2-3-11-12(16)8-17-14(11)13/h2-7,12,16H,8H2,1H3. The van der Waals surface area contributed by atoms with Crippen LogP contribution in [0.2, 0.25) is 0 Å². The van der Waals surface area contributed by atoms with Crippen molar-refractivity contribution < 1.29 is 14.6 Å². The molecule has 0 aliphatic carbocycles. The fourth-order valence-corrected chi connectivity index (χ4v) is 1.92. The van der Waals surface area contributed by atoms with Crippen molar-refractivity contribution in [3.05, 3.63) is 47.8 Å². The average molecular weight is 243 g/mol. The van der Waals surface area contributed by atoms with Crippen molar-refractivity contribution in [1.82, 2.24) is 4.98 Å². The Morgan fingerprint density at radius 3 is 3.00 bits per heavy atom. The second kappa shape index (κ2) is 4.31. The Labute approximate surface area is 105 Å². The van der Waals surface area contributed by atoms with Crippen molar-refractivity contribution in [3.63, 3.8) is 0 Å². The molecule has 18 heavy (non-hydrogen) atoms. The van der Waals surface area contributed by atoms with E-state index in [2.05, 4.69) is 4.98 Å². The van der Waals surface area contributed by atoms with Gasteiger partial charge in [-0.1, -0.05) is 12.1 Å². The first-order chi connectivity index (χ1) is 8.74. The zero-order valence-electron chi connectivity index (χ0n) is 9.96. The van der Waals surface area contributed by atoms with Crippen molar-refractivity contribution in [2.75, 3.05) is 6.61 Å². The first kappa shape index (κ1) is 11.0. The summed E-state index contributed by atoms with van der Waals surface area (Å²) in [6, 6.07) is 9.24. The molecule has 0 spiro atoms. The van der Waals surface area contributed by atoms with E-state index < -0.39 is 6.10 Å². The average Bonchev–Trinajstić information content (AvgIpc) is 2.76. The van der Waals surface area contributed by atoms with Gasteiger partial charge in [0.15, 0.2) is 11.5 Å². The molecule has 1 aliphatic rings. The van der Waals surface area contributed by atoms with Crippen LogP contribution < -0.4 is 9.47 Å². The Morgan fingerprint density at radius 1 is 1.33 bits per heavy atom. The van der Waals surface area contributed by atoms with Crippen LogP contribution in [0.5, 0.6) is 17.2 Å². The molecule has 92 valence electrons.